The molecule has 0 fully saturated rings. The molecule has 0 aliphatic heterocycles. The molecule has 5 aromatic rings. The maximum Gasteiger partial charge on any atom is 0.134 e. The van der Waals surface area contributed by atoms with Crippen molar-refractivity contribution in [2.45, 2.75) is 0 Å². The van der Waals surface area contributed by atoms with E-state index in [2.05, 4.69) is 64.6 Å². The van der Waals surface area contributed by atoms with Gasteiger partial charge in [-0.05, 0) is 23.3 Å². The molecule has 0 radical (unpaired) electrons. The van der Waals surface area contributed by atoms with E-state index >= 15 is 0 Å². The third-order valence-electron chi connectivity index (χ3n) is 5.44. The van der Waals surface area contributed by atoms with Crippen molar-refractivity contribution in [3.05, 3.63) is 85.1 Å². The summed E-state index contributed by atoms with van der Waals surface area (Å²) in [7, 11) is 3.39. The molecule has 2 aromatic heterocycles. The molecule has 0 saturated carbocycles. The summed E-state index contributed by atoms with van der Waals surface area (Å²) in [5.74, 6) is 1.52. The first-order valence-corrected chi connectivity index (χ1v) is 9.87. The Hall–Kier alpha value is -3.92. The predicted octanol–water partition coefficient (Wildman–Crippen LogP) is 6.51. The van der Waals surface area contributed by atoms with Crippen LogP contribution in [0, 0.1) is 0 Å². The molecule has 148 valence electrons. The lowest BCUT2D eigenvalue weighted by atomic mass is 9.96. The van der Waals surface area contributed by atoms with Crippen molar-refractivity contribution in [3.8, 4) is 45.1 Å². The molecule has 0 aliphatic carbocycles. The molecule has 30 heavy (non-hydrogen) atoms. The molecule has 2 N–H and O–H groups in total. The minimum atomic E-state index is 0.752. The van der Waals surface area contributed by atoms with Crippen molar-refractivity contribution in [3.63, 3.8) is 0 Å². The Bertz CT molecular complexity index is 1290. The SMILES string of the molecule is COc1cc(OC)c2c(-c3ccccc3)c(-c3ccccc3)[nH]c2c1-c1ccc[nH]1. The predicted molar refractivity (Wildman–Crippen MR) is 122 cm³/mol. The zero-order chi connectivity index (χ0) is 20.5. The van der Waals surface area contributed by atoms with Gasteiger partial charge in [0.25, 0.3) is 0 Å². The number of hydrogen-bond acceptors (Lipinski definition) is 2. The first-order valence-electron chi connectivity index (χ1n) is 9.87. The smallest absolute Gasteiger partial charge is 0.134 e. The van der Waals surface area contributed by atoms with Crippen molar-refractivity contribution in [2.24, 2.45) is 0 Å². The highest BCUT2D eigenvalue weighted by Crippen LogP contribution is 2.48. The summed E-state index contributed by atoms with van der Waals surface area (Å²) in [6.45, 7) is 0. The second kappa shape index (κ2) is 7.48. The van der Waals surface area contributed by atoms with Gasteiger partial charge in [0.2, 0.25) is 0 Å². The summed E-state index contributed by atoms with van der Waals surface area (Å²) < 4.78 is 11.6. The van der Waals surface area contributed by atoms with E-state index in [1.807, 2.05) is 30.5 Å². The van der Waals surface area contributed by atoms with Gasteiger partial charge in [-0.25, -0.2) is 0 Å². The van der Waals surface area contributed by atoms with Crippen LogP contribution in [-0.2, 0) is 0 Å². The molecule has 0 atom stereocenters. The van der Waals surface area contributed by atoms with E-state index in [0.29, 0.717) is 0 Å². The van der Waals surface area contributed by atoms with Gasteiger partial charge in [-0.15, -0.1) is 0 Å². The van der Waals surface area contributed by atoms with Crippen LogP contribution in [0.3, 0.4) is 0 Å². The lowest BCUT2D eigenvalue weighted by Gasteiger charge is -2.13. The van der Waals surface area contributed by atoms with Crippen LogP contribution in [0.4, 0.5) is 0 Å². The molecular weight excluding hydrogens is 372 g/mol. The van der Waals surface area contributed by atoms with E-state index in [1.165, 1.54) is 0 Å². The highest BCUT2D eigenvalue weighted by molar-refractivity contribution is 6.12. The number of fused-ring (bicyclic) bond motifs is 1. The molecule has 0 bridgehead atoms. The van der Waals surface area contributed by atoms with Crippen LogP contribution in [0.15, 0.2) is 85.1 Å². The molecule has 5 rings (SSSR count). The number of aromatic amines is 2. The number of H-pyrrole nitrogens is 2. The Kier molecular flexibility index (Phi) is 4.52. The third-order valence-corrected chi connectivity index (χ3v) is 5.44. The summed E-state index contributed by atoms with van der Waals surface area (Å²) in [6, 6.07) is 26.8. The molecule has 0 aliphatic rings. The lowest BCUT2D eigenvalue weighted by molar-refractivity contribution is 0.399. The average molecular weight is 394 g/mol. The molecule has 4 heteroatoms. The maximum absolute atomic E-state index is 5.84. The van der Waals surface area contributed by atoms with Crippen molar-refractivity contribution in [1.82, 2.24) is 9.97 Å². The fourth-order valence-corrected chi connectivity index (χ4v) is 4.11. The van der Waals surface area contributed by atoms with E-state index in [-0.39, 0.29) is 0 Å². The van der Waals surface area contributed by atoms with Gasteiger partial charge in [-0.1, -0.05) is 60.7 Å². The maximum atomic E-state index is 5.84. The number of hydrogen-bond donors (Lipinski definition) is 2. The van der Waals surface area contributed by atoms with Crippen LogP contribution in [0.2, 0.25) is 0 Å². The average Bonchev–Trinajstić information content (AvgIpc) is 3.47. The fourth-order valence-electron chi connectivity index (χ4n) is 4.11. The quantitative estimate of drug-likeness (QED) is 0.357. The second-order valence-electron chi connectivity index (χ2n) is 7.10. The Morgan fingerprint density at radius 3 is 1.93 bits per heavy atom. The number of ether oxygens (including phenoxy) is 2. The summed E-state index contributed by atoms with van der Waals surface area (Å²) in [5, 5.41) is 1.04. The molecule has 0 spiro atoms. The zero-order valence-electron chi connectivity index (χ0n) is 16.9. The fraction of sp³-hybridized carbons (Fsp3) is 0.0769. The van der Waals surface area contributed by atoms with Crippen LogP contribution < -0.4 is 9.47 Å². The largest absolute Gasteiger partial charge is 0.496 e. The minimum Gasteiger partial charge on any atom is -0.496 e. The number of benzene rings is 3. The highest BCUT2D eigenvalue weighted by Gasteiger charge is 2.24. The van der Waals surface area contributed by atoms with Crippen LogP contribution >= 0.6 is 0 Å². The summed E-state index contributed by atoms with van der Waals surface area (Å²) in [5.41, 5.74) is 7.36. The van der Waals surface area contributed by atoms with E-state index in [9.17, 15) is 0 Å². The van der Waals surface area contributed by atoms with E-state index in [1.54, 1.807) is 14.2 Å². The van der Waals surface area contributed by atoms with Crippen molar-refractivity contribution in [1.29, 1.82) is 0 Å². The Morgan fingerprint density at radius 2 is 1.33 bits per heavy atom. The second-order valence-corrected chi connectivity index (χ2v) is 7.10. The molecule has 4 nitrogen and oxygen atoms in total. The van der Waals surface area contributed by atoms with Crippen LogP contribution in [0.1, 0.15) is 0 Å². The number of nitrogens with one attached hydrogen (secondary N) is 2. The van der Waals surface area contributed by atoms with Gasteiger partial charge in [0.1, 0.15) is 11.5 Å². The van der Waals surface area contributed by atoms with Gasteiger partial charge >= 0.3 is 0 Å². The molecule has 0 saturated heterocycles. The van der Waals surface area contributed by atoms with Gasteiger partial charge in [0.05, 0.1) is 42.1 Å². The van der Waals surface area contributed by atoms with Crippen LogP contribution in [0.5, 0.6) is 11.5 Å². The monoisotopic (exact) mass is 394 g/mol. The van der Waals surface area contributed by atoms with Crippen molar-refractivity contribution in [2.75, 3.05) is 14.2 Å². The minimum absolute atomic E-state index is 0.752. The first kappa shape index (κ1) is 18.1. The standard InChI is InChI=1S/C26H22N2O2/c1-29-20-16-21(30-2)24-22(17-10-5-3-6-11-17)25(18-12-7-4-8-13-18)28-26(24)23(20)19-14-9-15-27-19/h3-16,27-28H,1-2H3. The number of methoxy groups -OCH3 is 2. The first-order chi connectivity index (χ1) is 14.8. The molecule has 3 aromatic carbocycles. The van der Waals surface area contributed by atoms with E-state index < -0.39 is 0 Å². The van der Waals surface area contributed by atoms with Gasteiger partial charge in [-0.3, -0.25) is 0 Å². The van der Waals surface area contributed by atoms with Gasteiger partial charge in [0, 0.05) is 17.8 Å². The lowest BCUT2D eigenvalue weighted by Crippen LogP contribution is -1.93. The summed E-state index contributed by atoms with van der Waals surface area (Å²) >= 11 is 0. The molecule has 0 amide bonds. The van der Waals surface area contributed by atoms with Crippen molar-refractivity contribution < 1.29 is 9.47 Å². The normalized spacial score (nSPS) is 11.0. The number of rotatable bonds is 5. The molecule has 0 unspecified atom stereocenters. The Balaban J connectivity index is 1.96. The topological polar surface area (TPSA) is 50.0 Å². The van der Waals surface area contributed by atoms with Crippen LogP contribution in [0.25, 0.3) is 44.5 Å². The van der Waals surface area contributed by atoms with Gasteiger partial charge < -0.3 is 19.4 Å². The van der Waals surface area contributed by atoms with E-state index in [4.69, 9.17) is 9.47 Å². The third kappa shape index (κ3) is 2.85. The number of aromatic nitrogens is 2. The molecule has 2 heterocycles. The zero-order valence-corrected chi connectivity index (χ0v) is 16.9. The summed E-state index contributed by atoms with van der Waals surface area (Å²) in [4.78, 5) is 7.03. The van der Waals surface area contributed by atoms with Gasteiger partial charge in [-0.2, -0.15) is 0 Å². The summed E-state index contributed by atoms with van der Waals surface area (Å²) in [6.07, 6.45) is 1.92. The Morgan fingerprint density at radius 1 is 0.667 bits per heavy atom. The van der Waals surface area contributed by atoms with Crippen molar-refractivity contribution >= 4 is 10.9 Å². The highest BCUT2D eigenvalue weighted by atomic mass is 16.5. The Labute approximate surface area is 175 Å². The van der Waals surface area contributed by atoms with Gasteiger partial charge in [0.15, 0.2) is 0 Å². The molecular formula is C26H22N2O2. The van der Waals surface area contributed by atoms with Crippen LogP contribution in [-0.4, -0.2) is 24.2 Å². The van der Waals surface area contributed by atoms with E-state index in [0.717, 1.165) is 56.0 Å².